The van der Waals surface area contributed by atoms with Crippen LogP contribution in [0.5, 0.6) is 0 Å². The number of ether oxygens (including phenoxy) is 1. The monoisotopic (exact) mass is 382 g/mol. The molecule has 0 amide bonds. The van der Waals surface area contributed by atoms with Crippen molar-refractivity contribution >= 4 is 41.3 Å². The van der Waals surface area contributed by atoms with Crippen LogP contribution in [0.15, 0.2) is 4.99 Å². The zero-order chi connectivity index (χ0) is 12.3. The van der Waals surface area contributed by atoms with Crippen molar-refractivity contribution in [1.82, 2.24) is 9.88 Å². The Labute approximate surface area is 128 Å². The molecule has 2 heterocycles. The van der Waals surface area contributed by atoms with Crippen molar-refractivity contribution in [3.05, 3.63) is 15.6 Å². The third-order valence-corrected chi connectivity index (χ3v) is 3.84. The van der Waals surface area contributed by atoms with Gasteiger partial charge in [0.1, 0.15) is 5.01 Å². The maximum absolute atomic E-state index is 5.94. The number of morpholine rings is 1. The summed E-state index contributed by atoms with van der Waals surface area (Å²) in [6.07, 6.45) is 0. The molecule has 1 aromatic rings. The summed E-state index contributed by atoms with van der Waals surface area (Å²) < 4.78 is 5.27. The number of guanidine groups is 1. The molecular formula is C11H19IN4OS. The van der Waals surface area contributed by atoms with Crippen LogP contribution in [0.25, 0.3) is 0 Å². The van der Waals surface area contributed by atoms with Crippen molar-refractivity contribution in [3.63, 3.8) is 0 Å². The molecule has 18 heavy (non-hydrogen) atoms. The molecule has 1 aliphatic rings. The third-order valence-electron chi connectivity index (χ3n) is 2.78. The number of aryl methyl sites for hydroxylation is 2. The molecule has 0 radical (unpaired) electrons. The summed E-state index contributed by atoms with van der Waals surface area (Å²) >= 11 is 1.69. The van der Waals surface area contributed by atoms with Crippen LogP contribution >= 0.6 is 35.3 Å². The number of hydrogen-bond acceptors (Lipinski definition) is 4. The third kappa shape index (κ3) is 4.06. The number of aromatic nitrogens is 1. The molecule has 1 saturated heterocycles. The van der Waals surface area contributed by atoms with Crippen LogP contribution in [0.3, 0.4) is 0 Å². The second kappa shape index (κ2) is 7.25. The zero-order valence-electron chi connectivity index (χ0n) is 10.7. The van der Waals surface area contributed by atoms with Gasteiger partial charge >= 0.3 is 0 Å². The highest BCUT2D eigenvalue weighted by Gasteiger charge is 2.12. The highest BCUT2D eigenvalue weighted by Crippen LogP contribution is 2.17. The maximum atomic E-state index is 5.94. The molecule has 0 spiro atoms. The average Bonchev–Trinajstić information content (AvgIpc) is 2.67. The molecule has 2 N–H and O–H groups in total. The molecule has 2 rings (SSSR count). The minimum atomic E-state index is 0. The lowest BCUT2D eigenvalue weighted by Crippen LogP contribution is -2.44. The fourth-order valence-corrected chi connectivity index (χ4v) is 2.51. The smallest absolute Gasteiger partial charge is 0.191 e. The SMILES string of the molecule is Cc1nc(CN=C(N)N2CCOCC2)sc1C.I. The molecule has 0 saturated carbocycles. The average molecular weight is 382 g/mol. The molecule has 1 aromatic heterocycles. The molecule has 5 nitrogen and oxygen atoms in total. The van der Waals surface area contributed by atoms with Crippen molar-refractivity contribution in [2.45, 2.75) is 20.4 Å². The van der Waals surface area contributed by atoms with Crippen LogP contribution in [0.2, 0.25) is 0 Å². The Bertz CT molecular complexity index is 396. The quantitative estimate of drug-likeness (QED) is 0.479. The Kier molecular flexibility index (Phi) is 6.30. The molecule has 1 aliphatic heterocycles. The van der Waals surface area contributed by atoms with Gasteiger partial charge in [-0.3, -0.25) is 0 Å². The van der Waals surface area contributed by atoms with Gasteiger partial charge in [-0.05, 0) is 13.8 Å². The second-order valence-electron chi connectivity index (χ2n) is 4.02. The summed E-state index contributed by atoms with van der Waals surface area (Å²) in [5.41, 5.74) is 7.03. The number of hydrogen-bond donors (Lipinski definition) is 1. The molecule has 0 unspecified atom stereocenters. The summed E-state index contributed by atoms with van der Waals surface area (Å²) in [5, 5.41) is 1.02. The van der Waals surface area contributed by atoms with E-state index in [4.69, 9.17) is 10.5 Å². The van der Waals surface area contributed by atoms with Gasteiger partial charge in [0.2, 0.25) is 0 Å². The zero-order valence-corrected chi connectivity index (χ0v) is 13.8. The summed E-state index contributed by atoms with van der Waals surface area (Å²) in [6.45, 7) is 7.77. The molecule has 7 heteroatoms. The van der Waals surface area contributed by atoms with E-state index in [-0.39, 0.29) is 24.0 Å². The Morgan fingerprint density at radius 1 is 1.44 bits per heavy atom. The maximum Gasteiger partial charge on any atom is 0.191 e. The first-order valence-electron chi connectivity index (χ1n) is 5.72. The van der Waals surface area contributed by atoms with Gasteiger partial charge in [0.15, 0.2) is 5.96 Å². The van der Waals surface area contributed by atoms with Crippen LogP contribution in [0, 0.1) is 13.8 Å². The molecule has 1 fully saturated rings. The van der Waals surface area contributed by atoms with Crippen LogP contribution in [-0.4, -0.2) is 42.1 Å². The van der Waals surface area contributed by atoms with E-state index in [2.05, 4.69) is 21.8 Å². The standard InChI is InChI=1S/C11H18N4OS.HI/c1-8-9(2)17-10(14-8)7-13-11(12)15-3-5-16-6-4-15;/h3-7H2,1-2H3,(H2,12,13);1H. The van der Waals surface area contributed by atoms with Crippen molar-refractivity contribution < 1.29 is 4.74 Å². The molecule has 102 valence electrons. The number of nitrogens with two attached hydrogens (primary N) is 1. The molecular weight excluding hydrogens is 363 g/mol. The van der Waals surface area contributed by atoms with E-state index in [1.807, 2.05) is 6.92 Å². The predicted octanol–water partition coefficient (Wildman–Crippen LogP) is 1.52. The molecule has 0 aromatic carbocycles. The lowest BCUT2D eigenvalue weighted by atomic mass is 10.4. The van der Waals surface area contributed by atoms with E-state index >= 15 is 0 Å². The van der Waals surface area contributed by atoms with Gasteiger partial charge in [-0.25, -0.2) is 9.98 Å². The second-order valence-corrected chi connectivity index (χ2v) is 5.31. The summed E-state index contributed by atoms with van der Waals surface area (Å²) in [7, 11) is 0. The van der Waals surface area contributed by atoms with E-state index in [9.17, 15) is 0 Å². The first-order valence-corrected chi connectivity index (χ1v) is 6.54. The minimum Gasteiger partial charge on any atom is -0.378 e. The van der Waals surface area contributed by atoms with Gasteiger partial charge in [-0.1, -0.05) is 0 Å². The number of thiazole rings is 1. The van der Waals surface area contributed by atoms with E-state index < -0.39 is 0 Å². The lowest BCUT2D eigenvalue weighted by molar-refractivity contribution is 0.0674. The summed E-state index contributed by atoms with van der Waals surface area (Å²) in [5.74, 6) is 0.596. The number of rotatable bonds is 2. The molecule has 0 aliphatic carbocycles. The van der Waals surface area contributed by atoms with E-state index in [0.29, 0.717) is 12.5 Å². The van der Waals surface area contributed by atoms with Crippen LogP contribution in [0.1, 0.15) is 15.6 Å². The summed E-state index contributed by atoms with van der Waals surface area (Å²) in [4.78, 5) is 12.1. The minimum absolute atomic E-state index is 0. The lowest BCUT2D eigenvalue weighted by Gasteiger charge is -2.27. The van der Waals surface area contributed by atoms with Crippen molar-refractivity contribution in [3.8, 4) is 0 Å². The van der Waals surface area contributed by atoms with E-state index in [0.717, 1.165) is 37.0 Å². The number of halogens is 1. The molecule has 0 bridgehead atoms. The van der Waals surface area contributed by atoms with Gasteiger partial charge in [0, 0.05) is 18.0 Å². The van der Waals surface area contributed by atoms with Crippen molar-refractivity contribution in [1.29, 1.82) is 0 Å². The van der Waals surface area contributed by atoms with Gasteiger partial charge in [0.05, 0.1) is 25.5 Å². The Morgan fingerprint density at radius 2 is 2.11 bits per heavy atom. The van der Waals surface area contributed by atoms with Crippen molar-refractivity contribution in [2.75, 3.05) is 26.3 Å². The fourth-order valence-electron chi connectivity index (χ4n) is 1.65. The van der Waals surface area contributed by atoms with Gasteiger partial charge in [0.25, 0.3) is 0 Å². The van der Waals surface area contributed by atoms with Crippen molar-refractivity contribution in [2.24, 2.45) is 10.7 Å². The van der Waals surface area contributed by atoms with E-state index in [1.54, 1.807) is 11.3 Å². The highest BCUT2D eigenvalue weighted by atomic mass is 127. The Morgan fingerprint density at radius 3 is 2.67 bits per heavy atom. The van der Waals surface area contributed by atoms with E-state index in [1.165, 1.54) is 4.88 Å². The highest BCUT2D eigenvalue weighted by molar-refractivity contribution is 14.0. The number of nitrogens with zero attached hydrogens (tertiary/aromatic N) is 3. The largest absolute Gasteiger partial charge is 0.378 e. The van der Waals surface area contributed by atoms with Gasteiger partial charge < -0.3 is 15.4 Å². The number of aliphatic imine (C=N–C) groups is 1. The Hall–Kier alpha value is -0.410. The first kappa shape index (κ1) is 15.6. The topological polar surface area (TPSA) is 63.7 Å². The summed E-state index contributed by atoms with van der Waals surface area (Å²) in [6, 6.07) is 0. The molecule has 0 atom stereocenters. The Balaban J connectivity index is 0.00000162. The first-order chi connectivity index (χ1) is 8.16. The van der Waals surface area contributed by atoms with Crippen LogP contribution in [-0.2, 0) is 11.3 Å². The van der Waals surface area contributed by atoms with Gasteiger partial charge in [-0.2, -0.15) is 0 Å². The fraction of sp³-hybridized carbons (Fsp3) is 0.636. The van der Waals surface area contributed by atoms with Crippen LogP contribution < -0.4 is 5.73 Å². The van der Waals surface area contributed by atoms with Gasteiger partial charge in [-0.15, -0.1) is 35.3 Å². The van der Waals surface area contributed by atoms with Crippen LogP contribution in [0.4, 0.5) is 0 Å². The predicted molar refractivity (Wildman–Crippen MR) is 84.7 cm³/mol. The normalized spacial score (nSPS) is 16.6.